The molecule has 0 bridgehead atoms. The van der Waals surface area contributed by atoms with Crippen molar-refractivity contribution in [1.29, 1.82) is 0 Å². The van der Waals surface area contributed by atoms with Crippen LogP contribution in [0.1, 0.15) is 27.2 Å². The summed E-state index contributed by atoms with van der Waals surface area (Å²) in [7, 11) is -4.18. The maximum Gasteiger partial charge on any atom is 0.330 e. The molecule has 0 amide bonds. The molecule has 0 spiro atoms. The number of likely N-dealkylation sites (N-methyl/N-ethyl adjacent to an activating group) is 1. The standard InChI is InChI=1S/C12H23NO5S/c1-5-12(14)18-9-11(4)13(6-2)10(3)7-8-19(15,16)17/h5,10-11H,1,6-9H2,2-4H3,(H,15,16,17). The predicted molar refractivity (Wildman–Crippen MR) is 70.8 cm³/mol. The minimum atomic E-state index is -4.18. The van der Waals surface area contributed by atoms with Gasteiger partial charge in [-0.05, 0) is 20.8 Å². The maximum atomic E-state index is 11.0. The molecule has 112 valence electrons. The van der Waals surface area contributed by atoms with E-state index in [1.807, 2.05) is 20.8 Å². The molecule has 6 nitrogen and oxygen atoms in total. The van der Waals surface area contributed by atoms with Gasteiger partial charge in [0.1, 0.15) is 12.6 Å². The molecule has 0 aliphatic heterocycles. The van der Waals surface area contributed by atoms with Gasteiger partial charge in [-0.3, -0.25) is 0 Å². The Hall–Kier alpha value is -0.920. The quantitative estimate of drug-likeness (QED) is 0.346. The summed E-state index contributed by atoms with van der Waals surface area (Å²) in [5.41, 5.74) is 0. The van der Waals surface area contributed by atoms with Crippen molar-refractivity contribution in [2.75, 3.05) is 18.9 Å². The second-order valence-corrected chi connectivity index (χ2v) is 6.14. The van der Waals surface area contributed by atoms with Crippen LogP contribution in [0, 0.1) is 0 Å². The highest BCUT2D eigenvalue weighted by molar-refractivity contribution is 7.85. The van der Waals surface area contributed by atoms with Crippen LogP contribution in [0.15, 0.2) is 12.7 Å². The fourth-order valence-corrected chi connectivity index (χ4v) is 2.70. The average Bonchev–Trinajstić information content (AvgIpc) is 2.33. The largest absolute Gasteiger partial charge is 0.748 e. The Morgan fingerprint density at radius 1 is 1.42 bits per heavy atom. The summed E-state index contributed by atoms with van der Waals surface area (Å²) in [5, 5.41) is 0. The Bertz CT molecular complexity index is 393. The fourth-order valence-electron chi connectivity index (χ4n) is 2.06. The first kappa shape index (κ1) is 18.1. The van der Waals surface area contributed by atoms with Gasteiger partial charge in [0.25, 0.3) is 0 Å². The van der Waals surface area contributed by atoms with Crippen molar-refractivity contribution in [1.82, 2.24) is 0 Å². The summed E-state index contributed by atoms with van der Waals surface area (Å²) in [4.78, 5) is 12.1. The third-order valence-corrected chi connectivity index (χ3v) is 3.85. The lowest BCUT2D eigenvalue weighted by Gasteiger charge is -2.30. The monoisotopic (exact) mass is 293 g/mol. The topological polar surface area (TPSA) is 87.9 Å². The first-order chi connectivity index (χ1) is 8.71. The van der Waals surface area contributed by atoms with Crippen LogP contribution in [-0.2, 0) is 19.6 Å². The number of hydrogen-bond donors (Lipinski definition) is 1. The molecule has 3 unspecified atom stereocenters. The number of carbonyl (C=O) groups excluding carboxylic acids is 1. The molecule has 0 rings (SSSR count). The van der Waals surface area contributed by atoms with Crippen LogP contribution in [0.4, 0.5) is 0 Å². The van der Waals surface area contributed by atoms with Crippen LogP contribution in [-0.4, -0.2) is 49.9 Å². The molecule has 0 aliphatic carbocycles. The second kappa shape index (κ2) is 8.29. The molecular weight excluding hydrogens is 270 g/mol. The number of quaternary nitrogens is 1. The van der Waals surface area contributed by atoms with Crippen LogP contribution >= 0.6 is 0 Å². The van der Waals surface area contributed by atoms with E-state index in [1.54, 1.807) is 0 Å². The van der Waals surface area contributed by atoms with Crippen LogP contribution in [0.3, 0.4) is 0 Å². The minimum absolute atomic E-state index is 0.00570. The smallest absolute Gasteiger partial charge is 0.330 e. The van der Waals surface area contributed by atoms with Crippen LogP contribution in [0.2, 0.25) is 0 Å². The van der Waals surface area contributed by atoms with Gasteiger partial charge in [0.15, 0.2) is 0 Å². The first-order valence-corrected chi connectivity index (χ1v) is 7.87. The molecule has 0 saturated carbocycles. The third-order valence-electron chi connectivity index (χ3n) is 3.12. The molecule has 7 heteroatoms. The summed E-state index contributed by atoms with van der Waals surface area (Å²) in [6.45, 7) is 10.1. The lowest BCUT2D eigenvalue weighted by atomic mass is 10.1. The normalized spacial score (nSPS) is 16.4. The summed E-state index contributed by atoms with van der Waals surface area (Å²) >= 11 is 0. The molecule has 3 atom stereocenters. The molecule has 0 aromatic carbocycles. The lowest BCUT2D eigenvalue weighted by Crippen LogP contribution is -3.18. The number of nitrogens with one attached hydrogen (secondary N) is 1. The van der Waals surface area contributed by atoms with E-state index in [-0.39, 0.29) is 24.4 Å². The maximum absolute atomic E-state index is 11.0. The van der Waals surface area contributed by atoms with Gasteiger partial charge in [0.2, 0.25) is 0 Å². The van der Waals surface area contributed by atoms with Crippen molar-refractivity contribution in [3.63, 3.8) is 0 Å². The lowest BCUT2D eigenvalue weighted by molar-refractivity contribution is -0.944. The minimum Gasteiger partial charge on any atom is -0.748 e. The van der Waals surface area contributed by atoms with Gasteiger partial charge in [0, 0.05) is 18.2 Å². The number of esters is 1. The summed E-state index contributed by atoms with van der Waals surface area (Å²) in [6.07, 6.45) is 1.40. The van der Waals surface area contributed by atoms with Crippen molar-refractivity contribution in [3.05, 3.63) is 12.7 Å². The Labute approximate surface area is 115 Å². The number of ether oxygens (including phenoxy) is 1. The molecule has 0 fully saturated rings. The summed E-state index contributed by atoms with van der Waals surface area (Å²) in [5.74, 6) is -0.839. The van der Waals surface area contributed by atoms with Gasteiger partial charge in [-0.2, -0.15) is 0 Å². The number of hydrogen-bond acceptors (Lipinski definition) is 5. The predicted octanol–water partition coefficient (Wildman–Crippen LogP) is -0.667. The zero-order chi connectivity index (χ0) is 15.1. The van der Waals surface area contributed by atoms with E-state index in [2.05, 4.69) is 6.58 Å². The Kier molecular flexibility index (Phi) is 7.89. The van der Waals surface area contributed by atoms with Crippen LogP contribution in [0.5, 0.6) is 0 Å². The molecular formula is C12H23NO5S. The van der Waals surface area contributed by atoms with E-state index in [0.29, 0.717) is 6.42 Å². The van der Waals surface area contributed by atoms with Gasteiger partial charge in [0.05, 0.1) is 22.7 Å². The summed E-state index contributed by atoms with van der Waals surface area (Å²) < 4.78 is 36.8. The molecule has 0 radical (unpaired) electrons. The van der Waals surface area contributed by atoms with Crippen molar-refractivity contribution in [2.24, 2.45) is 0 Å². The van der Waals surface area contributed by atoms with Gasteiger partial charge >= 0.3 is 5.97 Å². The molecule has 0 heterocycles. The fraction of sp³-hybridized carbons (Fsp3) is 0.750. The van der Waals surface area contributed by atoms with Gasteiger partial charge < -0.3 is 14.2 Å². The molecule has 0 aromatic heterocycles. The van der Waals surface area contributed by atoms with E-state index in [9.17, 15) is 17.8 Å². The summed E-state index contributed by atoms with van der Waals surface area (Å²) in [6, 6.07) is 0.0319. The van der Waals surface area contributed by atoms with Crippen LogP contribution < -0.4 is 4.90 Å². The van der Waals surface area contributed by atoms with Gasteiger partial charge in [-0.15, -0.1) is 0 Å². The molecule has 0 saturated heterocycles. The van der Waals surface area contributed by atoms with E-state index >= 15 is 0 Å². The average molecular weight is 293 g/mol. The molecule has 0 aromatic rings. The van der Waals surface area contributed by atoms with Crippen molar-refractivity contribution in [2.45, 2.75) is 39.3 Å². The number of carbonyl (C=O) groups is 1. The third kappa shape index (κ3) is 7.97. The van der Waals surface area contributed by atoms with E-state index < -0.39 is 16.1 Å². The Morgan fingerprint density at radius 2 is 2.00 bits per heavy atom. The van der Waals surface area contributed by atoms with Gasteiger partial charge in [-0.1, -0.05) is 6.58 Å². The number of rotatable bonds is 9. The Morgan fingerprint density at radius 3 is 2.42 bits per heavy atom. The van der Waals surface area contributed by atoms with Crippen molar-refractivity contribution < 1.29 is 27.4 Å². The second-order valence-electron chi connectivity index (χ2n) is 4.62. The highest BCUT2D eigenvalue weighted by atomic mass is 32.2. The zero-order valence-corrected chi connectivity index (χ0v) is 12.5. The van der Waals surface area contributed by atoms with E-state index in [0.717, 1.165) is 17.5 Å². The van der Waals surface area contributed by atoms with Crippen molar-refractivity contribution in [3.8, 4) is 0 Å². The van der Waals surface area contributed by atoms with Gasteiger partial charge in [-0.25, -0.2) is 13.2 Å². The van der Waals surface area contributed by atoms with E-state index in [1.165, 1.54) is 0 Å². The SMILES string of the molecule is C=CC(=O)OCC(C)[NH+](CC)C(C)CCS(=O)(=O)[O-]. The zero-order valence-electron chi connectivity index (χ0n) is 11.7. The van der Waals surface area contributed by atoms with E-state index in [4.69, 9.17) is 4.74 Å². The Balaban J connectivity index is 4.37. The first-order valence-electron chi connectivity index (χ1n) is 6.29. The highest BCUT2D eigenvalue weighted by Crippen LogP contribution is 1.94. The highest BCUT2D eigenvalue weighted by Gasteiger charge is 2.23. The van der Waals surface area contributed by atoms with Crippen LogP contribution in [0.25, 0.3) is 0 Å². The molecule has 1 N–H and O–H groups in total. The molecule has 0 aliphatic rings. The molecule has 19 heavy (non-hydrogen) atoms. The van der Waals surface area contributed by atoms with Crippen molar-refractivity contribution >= 4 is 16.1 Å².